The van der Waals surface area contributed by atoms with Crippen LogP contribution in [0.2, 0.25) is 0 Å². The van der Waals surface area contributed by atoms with Gasteiger partial charge in [-0.1, -0.05) is 38.8 Å². The second kappa shape index (κ2) is 11.2. The summed E-state index contributed by atoms with van der Waals surface area (Å²) in [6.45, 7) is 5.64. The zero-order chi connectivity index (χ0) is 19.6. The number of hydrogen-bond acceptors (Lipinski definition) is 5. The van der Waals surface area contributed by atoms with Crippen LogP contribution in [0.15, 0.2) is 24.3 Å². The predicted octanol–water partition coefficient (Wildman–Crippen LogP) is 3.22. The molecule has 1 aromatic rings. The number of carbonyl (C=O) groups is 1. The van der Waals surface area contributed by atoms with Gasteiger partial charge in [0.05, 0.1) is 12.9 Å². The van der Waals surface area contributed by atoms with Crippen LogP contribution >= 0.6 is 0 Å². The lowest BCUT2D eigenvalue weighted by Crippen LogP contribution is -2.37. The predicted molar refractivity (Wildman–Crippen MR) is 103 cm³/mol. The van der Waals surface area contributed by atoms with Crippen LogP contribution in [0.1, 0.15) is 45.1 Å². The maximum atomic E-state index is 12.9. The fraction of sp³-hybridized carbons (Fsp3) is 0.632. The molecule has 1 aromatic carbocycles. The summed E-state index contributed by atoms with van der Waals surface area (Å²) in [5.74, 6) is 0.439. The van der Waals surface area contributed by atoms with Gasteiger partial charge in [0, 0.05) is 26.1 Å². The molecule has 0 saturated carbocycles. The van der Waals surface area contributed by atoms with Crippen LogP contribution in [0.4, 0.5) is 0 Å². The molecule has 0 aromatic heterocycles. The highest BCUT2D eigenvalue weighted by Crippen LogP contribution is 2.19. The molecule has 0 saturated heterocycles. The zero-order valence-corrected chi connectivity index (χ0v) is 17.0. The first-order valence-corrected chi connectivity index (χ1v) is 10.9. The van der Waals surface area contributed by atoms with Gasteiger partial charge in [0.15, 0.2) is 0 Å². The van der Waals surface area contributed by atoms with Gasteiger partial charge in [-0.25, -0.2) is 0 Å². The Morgan fingerprint density at radius 3 is 2.35 bits per heavy atom. The molecule has 0 bridgehead atoms. The van der Waals surface area contributed by atoms with Crippen molar-refractivity contribution in [1.82, 2.24) is 4.90 Å². The lowest BCUT2D eigenvalue weighted by molar-refractivity contribution is -0.137. The minimum atomic E-state index is -3.54. The van der Waals surface area contributed by atoms with Crippen molar-refractivity contribution < 1.29 is 22.1 Å². The number of amides is 1. The summed E-state index contributed by atoms with van der Waals surface area (Å²) < 4.78 is 32.3. The molecular formula is C19H31NO5S. The van der Waals surface area contributed by atoms with E-state index in [1.807, 2.05) is 11.8 Å². The van der Waals surface area contributed by atoms with Gasteiger partial charge >= 0.3 is 10.1 Å². The van der Waals surface area contributed by atoms with E-state index in [9.17, 15) is 13.2 Å². The number of hydrogen-bond donors (Lipinski definition) is 0. The van der Waals surface area contributed by atoms with E-state index in [1.54, 1.807) is 31.4 Å². The number of nitrogens with zero attached hydrogens (tertiary/aromatic N) is 1. The molecule has 0 unspecified atom stereocenters. The Hall–Kier alpha value is -1.60. The normalized spacial score (nSPS) is 12.6. The Kier molecular flexibility index (Phi) is 9.65. The van der Waals surface area contributed by atoms with Crippen LogP contribution in [0, 0.1) is 5.92 Å². The van der Waals surface area contributed by atoms with E-state index in [-0.39, 0.29) is 17.6 Å². The smallest absolute Gasteiger partial charge is 0.306 e. The molecule has 0 fully saturated rings. The Balaban J connectivity index is 2.84. The van der Waals surface area contributed by atoms with Crippen LogP contribution in [0.3, 0.4) is 0 Å². The number of ether oxygens (including phenoxy) is 1. The third-order valence-corrected chi connectivity index (χ3v) is 4.66. The first-order chi connectivity index (χ1) is 12.3. The maximum absolute atomic E-state index is 12.9. The van der Waals surface area contributed by atoms with Crippen molar-refractivity contribution in [3.63, 3.8) is 0 Å². The standard InChI is InChI=1S/C19H31NO5S/c1-5-7-8-17(6-2)19(21)20(13-14-24-3)15-16-9-11-18(12-10-16)25-26(4,22)23/h9-12,17H,5-8,13-15H2,1-4H3/t17-/m1/s1. The quantitative estimate of drug-likeness (QED) is 0.517. The molecular weight excluding hydrogens is 354 g/mol. The molecule has 148 valence electrons. The second-order valence-corrected chi connectivity index (χ2v) is 8.01. The molecule has 7 heteroatoms. The highest BCUT2D eigenvalue weighted by molar-refractivity contribution is 7.86. The highest BCUT2D eigenvalue weighted by Gasteiger charge is 2.22. The number of rotatable bonds is 12. The largest absolute Gasteiger partial charge is 0.383 e. The van der Waals surface area contributed by atoms with Gasteiger partial charge in [-0.2, -0.15) is 8.42 Å². The van der Waals surface area contributed by atoms with E-state index in [1.165, 1.54) is 0 Å². The number of benzene rings is 1. The average molecular weight is 386 g/mol. The van der Waals surface area contributed by atoms with Crippen LogP contribution in [-0.4, -0.2) is 45.7 Å². The summed E-state index contributed by atoms with van der Waals surface area (Å²) in [7, 11) is -1.92. The third kappa shape index (κ3) is 8.19. The lowest BCUT2D eigenvalue weighted by Gasteiger charge is -2.27. The summed E-state index contributed by atoms with van der Waals surface area (Å²) in [6, 6.07) is 6.76. The van der Waals surface area contributed by atoms with Crippen molar-refractivity contribution in [3.8, 4) is 5.75 Å². The van der Waals surface area contributed by atoms with Crippen molar-refractivity contribution in [2.75, 3.05) is 26.5 Å². The summed E-state index contributed by atoms with van der Waals surface area (Å²) in [4.78, 5) is 14.7. The van der Waals surface area contributed by atoms with Crippen molar-refractivity contribution >= 4 is 16.0 Å². The average Bonchev–Trinajstić information content (AvgIpc) is 2.59. The van der Waals surface area contributed by atoms with E-state index < -0.39 is 10.1 Å². The zero-order valence-electron chi connectivity index (χ0n) is 16.2. The Morgan fingerprint density at radius 2 is 1.85 bits per heavy atom. The monoisotopic (exact) mass is 385 g/mol. The molecule has 0 radical (unpaired) electrons. The van der Waals surface area contributed by atoms with Gasteiger partial charge in [-0.05, 0) is 30.5 Å². The van der Waals surface area contributed by atoms with Crippen molar-refractivity contribution in [2.24, 2.45) is 5.92 Å². The van der Waals surface area contributed by atoms with Crippen molar-refractivity contribution in [3.05, 3.63) is 29.8 Å². The van der Waals surface area contributed by atoms with Crippen LogP contribution in [-0.2, 0) is 26.2 Å². The van der Waals surface area contributed by atoms with E-state index in [0.29, 0.717) is 19.7 Å². The SMILES string of the molecule is CCCC[C@@H](CC)C(=O)N(CCOC)Cc1ccc(OS(C)(=O)=O)cc1. The summed E-state index contributed by atoms with van der Waals surface area (Å²) in [6.07, 6.45) is 4.84. The van der Waals surface area contributed by atoms with Crippen LogP contribution < -0.4 is 4.18 Å². The van der Waals surface area contributed by atoms with Crippen LogP contribution in [0.5, 0.6) is 5.75 Å². The maximum Gasteiger partial charge on any atom is 0.306 e. The minimum Gasteiger partial charge on any atom is -0.383 e. The Bertz CT molecular complexity index is 642. The number of carbonyl (C=O) groups excluding carboxylic acids is 1. The fourth-order valence-corrected chi connectivity index (χ4v) is 3.19. The second-order valence-electron chi connectivity index (χ2n) is 6.43. The van der Waals surface area contributed by atoms with Gasteiger partial charge in [0.1, 0.15) is 5.75 Å². The Labute approximate surface area is 157 Å². The van der Waals surface area contributed by atoms with Gasteiger partial charge in [-0.3, -0.25) is 4.79 Å². The van der Waals surface area contributed by atoms with Gasteiger partial charge < -0.3 is 13.8 Å². The third-order valence-electron chi connectivity index (χ3n) is 4.17. The molecule has 0 aliphatic rings. The fourth-order valence-electron chi connectivity index (χ4n) is 2.73. The summed E-state index contributed by atoms with van der Waals surface area (Å²) in [5, 5.41) is 0. The first kappa shape index (κ1) is 22.4. The molecule has 1 atom stereocenters. The molecule has 0 aliphatic carbocycles. The highest BCUT2D eigenvalue weighted by atomic mass is 32.2. The molecule has 0 N–H and O–H groups in total. The summed E-state index contributed by atoms with van der Waals surface area (Å²) >= 11 is 0. The van der Waals surface area contributed by atoms with Gasteiger partial charge in [-0.15, -0.1) is 0 Å². The molecule has 0 heterocycles. The van der Waals surface area contributed by atoms with Crippen molar-refractivity contribution in [1.29, 1.82) is 0 Å². The molecule has 1 amide bonds. The van der Waals surface area contributed by atoms with Gasteiger partial charge in [0.2, 0.25) is 5.91 Å². The topological polar surface area (TPSA) is 72.9 Å². The molecule has 26 heavy (non-hydrogen) atoms. The Morgan fingerprint density at radius 1 is 1.19 bits per heavy atom. The lowest BCUT2D eigenvalue weighted by atomic mass is 9.97. The van der Waals surface area contributed by atoms with E-state index in [4.69, 9.17) is 8.92 Å². The van der Waals surface area contributed by atoms with Crippen LogP contribution in [0.25, 0.3) is 0 Å². The number of unbranched alkanes of at least 4 members (excludes halogenated alkanes) is 1. The van der Waals surface area contributed by atoms with E-state index in [0.717, 1.165) is 37.5 Å². The first-order valence-electron chi connectivity index (χ1n) is 9.06. The summed E-state index contributed by atoms with van der Waals surface area (Å²) in [5.41, 5.74) is 0.917. The van der Waals surface area contributed by atoms with Gasteiger partial charge in [0.25, 0.3) is 0 Å². The molecule has 0 spiro atoms. The number of methoxy groups -OCH3 is 1. The van der Waals surface area contributed by atoms with E-state index in [2.05, 4.69) is 6.92 Å². The molecule has 1 rings (SSSR count). The van der Waals surface area contributed by atoms with Crippen molar-refractivity contribution in [2.45, 2.75) is 46.1 Å². The molecule has 0 aliphatic heterocycles. The molecule has 6 nitrogen and oxygen atoms in total. The van der Waals surface area contributed by atoms with E-state index >= 15 is 0 Å². The minimum absolute atomic E-state index is 0.0275.